The third kappa shape index (κ3) is 4.63. The number of aromatic nitrogens is 2. The first-order valence-electron chi connectivity index (χ1n) is 7.65. The smallest absolute Gasteiger partial charge is 0.325 e. The van der Waals surface area contributed by atoms with Crippen molar-refractivity contribution in [1.82, 2.24) is 10.2 Å². The lowest BCUT2D eigenvalue weighted by Gasteiger charge is -2.06. The third-order valence-electron chi connectivity index (χ3n) is 3.24. The number of carbonyl (C=O) groups excluding carboxylic acids is 1. The van der Waals surface area contributed by atoms with Crippen LogP contribution in [0.15, 0.2) is 42.5 Å². The Morgan fingerprint density at radius 2 is 1.85 bits per heavy atom. The summed E-state index contributed by atoms with van der Waals surface area (Å²) in [5.74, 6) is 0.744. The summed E-state index contributed by atoms with van der Waals surface area (Å²) in [6.07, 6.45) is 0. The number of rotatable bonds is 5. The van der Waals surface area contributed by atoms with E-state index < -0.39 is 6.03 Å². The van der Waals surface area contributed by atoms with Gasteiger partial charge in [0.1, 0.15) is 10.8 Å². The Hall–Kier alpha value is -2.35. The van der Waals surface area contributed by atoms with Gasteiger partial charge in [-0.25, -0.2) is 4.79 Å². The Morgan fingerprint density at radius 1 is 1.08 bits per heavy atom. The van der Waals surface area contributed by atoms with E-state index in [4.69, 9.17) is 27.9 Å². The van der Waals surface area contributed by atoms with Crippen LogP contribution in [0.4, 0.5) is 15.6 Å². The second-order valence-electron chi connectivity index (χ2n) is 5.08. The van der Waals surface area contributed by atoms with E-state index in [2.05, 4.69) is 20.8 Å². The van der Waals surface area contributed by atoms with E-state index in [1.165, 1.54) is 11.3 Å². The summed E-state index contributed by atoms with van der Waals surface area (Å²) in [4.78, 5) is 12.1. The first-order chi connectivity index (χ1) is 12.5. The predicted molar refractivity (Wildman–Crippen MR) is 106 cm³/mol. The number of urea groups is 1. The van der Waals surface area contributed by atoms with Crippen LogP contribution in [0.1, 0.15) is 6.92 Å². The van der Waals surface area contributed by atoms with Crippen LogP contribution >= 0.6 is 34.5 Å². The standard InChI is InChI=1S/C17H14Cl2N4O2S/c1-2-25-12-6-4-11(5-7-12)20-16(24)21-17-23-22-15(26-17)10-3-8-13(18)14(19)9-10/h3-9H,2H2,1H3,(H2,20,21,23,24). The van der Waals surface area contributed by atoms with Gasteiger partial charge in [-0.1, -0.05) is 40.6 Å². The Balaban J connectivity index is 1.63. The molecule has 1 heterocycles. The van der Waals surface area contributed by atoms with Crippen LogP contribution < -0.4 is 15.4 Å². The number of hydrogen-bond donors (Lipinski definition) is 2. The normalized spacial score (nSPS) is 10.4. The van der Waals surface area contributed by atoms with E-state index in [1.54, 1.807) is 42.5 Å². The minimum absolute atomic E-state index is 0.370. The summed E-state index contributed by atoms with van der Waals surface area (Å²) in [7, 11) is 0. The van der Waals surface area contributed by atoms with Crippen molar-refractivity contribution in [3.05, 3.63) is 52.5 Å². The summed E-state index contributed by atoms with van der Waals surface area (Å²) in [6.45, 7) is 2.50. The summed E-state index contributed by atoms with van der Waals surface area (Å²) >= 11 is 13.2. The molecule has 3 rings (SSSR count). The van der Waals surface area contributed by atoms with Crippen molar-refractivity contribution >= 4 is 51.4 Å². The average Bonchev–Trinajstić information content (AvgIpc) is 3.07. The van der Waals surface area contributed by atoms with Gasteiger partial charge in [0.25, 0.3) is 0 Å². The third-order valence-corrected chi connectivity index (χ3v) is 4.86. The minimum atomic E-state index is -0.411. The second kappa shape index (κ2) is 8.35. The van der Waals surface area contributed by atoms with Gasteiger partial charge in [0.05, 0.1) is 16.7 Å². The number of nitrogens with zero attached hydrogens (tertiary/aromatic N) is 2. The zero-order chi connectivity index (χ0) is 18.5. The Labute approximate surface area is 164 Å². The van der Waals surface area contributed by atoms with E-state index in [-0.39, 0.29) is 0 Å². The molecule has 0 saturated carbocycles. The van der Waals surface area contributed by atoms with Crippen LogP contribution in [0.2, 0.25) is 10.0 Å². The van der Waals surface area contributed by atoms with Crippen LogP contribution in [-0.2, 0) is 0 Å². The van der Waals surface area contributed by atoms with Crippen LogP contribution in [0.25, 0.3) is 10.6 Å². The zero-order valence-electron chi connectivity index (χ0n) is 13.6. The fraction of sp³-hybridized carbons (Fsp3) is 0.118. The van der Waals surface area contributed by atoms with E-state index in [0.29, 0.717) is 32.5 Å². The number of amides is 2. The maximum absolute atomic E-state index is 12.1. The summed E-state index contributed by atoms with van der Waals surface area (Å²) in [5.41, 5.74) is 1.41. The Morgan fingerprint density at radius 3 is 2.54 bits per heavy atom. The lowest BCUT2D eigenvalue weighted by molar-refractivity contribution is 0.262. The molecule has 0 aliphatic heterocycles. The van der Waals surface area contributed by atoms with Gasteiger partial charge in [0.2, 0.25) is 5.13 Å². The van der Waals surface area contributed by atoms with Gasteiger partial charge >= 0.3 is 6.03 Å². The minimum Gasteiger partial charge on any atom is -0.494 e. The van der Waals surface area contributed by atoms with Crippen molar-refractivity contribution < 1.29 is 9.53 Å². The lowest BCUT2D eigenvalue weighted by Crippen LogP contribution is -2.19. The van der Waals surface area contributed by atoms with Crippen LogP contribution in [0.5, 0.6) is 5.75 Å². The number of benzene rings is 2. The zero-order valence-corrected chi connectivity index (χ0v) is 16.0. The highest BCUT2D eigenvalue weighted by Crippen LogP contribution is 2.31. The monoisotopic (exact) mass is 408 g/mol. The van der Waals surface area contributed by atoms with Gasteiger partial charge < -0.3 is 10.1 Å². The fourth-order valence-corrected chi connectivity index (χ4v) is 3.11. The molecule has 0 unspecified atom stereocenters. The van der Waals surface area contributed by atoms with Crippen molar-refractivity contribution in [2.45, 2.75) is 6.92 Å². The Bertz CT molecular complexity index is 915. The van der Waals surface area contributed by atoms with Gasteiger partial charge in [-0.15, -0.1) is 10.2 Å². The predicted octanol–water partition coefficient (Wildman–Crippen LogP) is 5.55. The van der Waals surface area contributed by atoms with Crippen LogP contribution in [0, 0.1) is 0 Å². The SMILES string of the molecule is CCOc1ccc(NC(=O)Nc2nnc(-c3ccc(Cl)c(Cl)c3)s2)cc1. The molecular weight excluding hydrogens is 395 g/mol. The number of anilines is 2. The van der Waals surface area contributed by atoms with Crippen molar-refractivity contribution in [1.29, 1.82) is 0 Å². The molecule has 0 atom stereocenters. The number of nitrogens with one attached hydrogen (secondary N) is 2. The highest BCUT2D eigenvalue weighted by Gasteiger charge is 2.11. The molecule has 0 aliphatic carbocycles. The molecule has 2 amide bonds. The highest BCUT2D eigenvalue weighted by atomic mass is 35.5. The van der Waals surface area contributed by atoms with E-state index >= 15 is 0 Å². The molecule has 0 bridgehead atoms. The fourth-order valence-electron chi connectivity index (χ4n) is 2.08. The molecule has 26 heavy (non-hydrogen) atoms. The molecule has 0 spiro atoms. The number of hydrogen-bond acceptors (Lipinski definition) is 5. The van der Waals surface area contributed by atoms with Gasteiger partial charge in [-0.05, 0) is 43.3 Å². The number of carbonyl (C=O) groups is 1. The molecule has 0 radical (unpaired) electrons. The van der Waals surface area contributed by atoms with Crippen molar-refractivity contribution in [2.75, 3.05) is 17.2 Å². The van der Waals surface area contributed by atoms with Gasteiger partial charge in [-0.3, -0.25) is 5.32 Å². The highest BCUT2D eigenvalue weighted by molar-refractivity contribution is 7.18. The van der Waals surface area contributed by atoms with Gasteiger partial charge in [0, 0.05) is 11.3 Å². The number of ether oxygens (including phenoxy) is 1. The molecule has 9 heteroatoms. The van der Waals surface area contributed by atoms with E-state index in [0.717, 1.165) is 11.3 Å². The van der Waals surface area contributed by atoms with Crippen LogP contribution in [-0.4, -0.2) is 22.8 Å². The molecule has 1 aromatic heterocycles. The second-order valence-corrected chi connectivity index (χ2v) is 6.87. The summed E-state index contributed by atoms with van der Waals surface area (Å²) < 4.78 is 5.36. The van der Waals surface area contributed by atoms with Crippen LogP contribution in [0.3, 0.4) is 0 Å². The molecule has 134 valence electrons. The molecule has 0 fully saturated rings. The summed E-state index contributed by atoms with van der Waals surface area (Å²) in [5, 5.41) is 15.3. The quantitative estimate of drug-likeness (QED) is 0.579. The van der Waals surface area contributed by atoms with E-state index in [9.17, 15) is 4.79 Å². The molecule has 2 aromatic carbocycles. The number of halogens is 2. The average molecular weight is 409 g/mol. The maximum Gasteiger partial charge on any atom is 0.325 e. The summed E-state index contributed by atoms with van der Waals surface area (Å²) in [6, 6.07) is 11.8. The molecule has 6 nitrogen and oxygen atoms in total. The molecule has 3 aromatic rings. The largest absolute Gasteiger partial charge is 0.494 e. The Kier molecular flexibility index (Phi) is 5.92. The molecular formula is C17H14Cl2N4O2S. The first-order valence-corrected chi connectivity index (χ1v) is 9.22. The van der Waals surface area contributed by atoms with Crippen molar-refractivity contribution in [3.8, 4) is 16.3 Å². The topological polar surface area (TPSA) is 76.1 Å². The lowest BCUT2D eigenvalue weighted by atomic mass is 10.2. The first kappa shape index (κ1) is 18.4. The van der Waals surface area contributed by atoms with Gasteiger partial charge in [-0.2, -0.15) is 0 Å². The molecule has 2 N–H and O–H groups in total. The molecule has 0 saturated heterocycles. The van der Waals surface area contributed by atoms with Crippen molar-refractivity contribution in [2.24, 2.45) is 0 Å². The van der Waals surface area contributed by atoms with E-state index in [1.807, 2.05) is 6.92 Å². The molecule has 0 aliphatic rings. The maximum atomic E-state index is 12.1. The van der Waals surface area contributed by atoms with Crippen molar-refractivity contribution in [3.63, 3.8) is 0 Å². The van der Waals surface area contributed by atoms with Gasteiger partial charge in [0.15, 0.2) is 0 Å².